The zero-order chi connectivity index (χ0) is 17.2. The first kappa shape index (κ1) is 17.7. The summed E-state index contributed by atoms with van der Waals surface area (Å²) in [6.07, 6.45) is 2.08. The summed E-state index contributed by atoms with van der Waals surface area (Å²) < 4.78 is 33.1. The van der Waals surface area contributed by atoms with Crippen LogP contribution in [0.25, 0.3) is 0 Å². The van der Waals surface area contributed by atoms with Crippen molar-refractivity contribution in [3.05, 3.63) is 29.8 Å². The van der Waals surface area contributed by atoms with Crippen molar-refractivity contribution in [2.45, 2.75) is 12.8 Å². The van der Waals surface area contributed by atoms with Crippen LogP contribution in [0.4, 0.5) is 0 Å². The molecule has 1 atom stereocenters. The predicted octanol–water partition coefficient (Wildman–Crippen LogP) is 1.05. The van der Waals surface area contributed by atoms with Crippen molar-refractivity contribution < 1.29 is 13.2 Å². The third-order valence-corrected chi connectivity index (χ3v) is 6.84. The van der Waals surface area contributed by atoms with Crippen LogP contribution in [0.15, 0.2) is 24.3 Å². The smallest absolute Gasteiger partial charge is 0.281 e. The van der Waals surface area contributed by atoms with E-state index >= 15 is 0 Å². The summed E-state index contributed by atoms with van der Waals surface area (Å²) in [4.78, 5) is 2.39. The predicted molar refractivity (Wildman–Crippen MR) is 94.4 cm³/mol. The highest BCUT2D eigenvalue weighted by Gasteiger charge is 2.29. The van der Waals surface area contributed by atoms with Gasteiger partial charge in [0.15, 0.2) is 0 Å². The molecule has 2 aliphatic heterocycles. The van der Waals surface area contributed by atoms with Gasteiger partial charge in [-0.25, -0.2) is 0 Å². The summed E-state index contributed by atoms with van der Waals surface area (Å²) in [5.74, 6) is 1.58. The number of benzene rings is 1. The summed E-state index contributed by atoms with van der Waals surface area (Å²) in [7, 11) is -0.106. The molecule has 7 heteroatoms. The van der Waals surface area contributed by atoms with Crippen molar-refractivity contribution in [3.8, 4) is 5.75 Å². The van der Waals surface area contributed by atoms with Crippen molar-refractivity contribution in [1.82, 2.24) is 13.5 Å². The number of hydrogen-bond donors (Lipinski definition) is 0. The van der Waals surface area contributed by atoms with Crippen molar-refractivity contribution >= 4 is 10.2 Å². The Labute approximate surface area is 145 Å². The molecular weight excluding hydrogens is 326 g/mol. The molecule has 0 aliphatic carbocycles. The molecule has 1 fully saturated rings. The molecule has 0 bridgehead atoms. The fourth-order valence-corrected chi connectivity index (χ4v) is 4.54. The van der Waals surface area contributed by atoms with Gasteiger partial charge in [-0.05, 0) is 30.4 Å². The summed E-state index contributed by atoms with van der Waals surface area (Å²) in [6.45, 7) is 4.50. The zero-order valence-electron chi connectivity index (χ0n) is 14.5. The summed E-state index contributed by atoms with van der Waals surface area (Å²) in [6, 6.07) is 8.27. The van der Waals surface area contributed by atoms with E-state index in [9.17, 15) is 8.42 Å². The van der Waals surface area contributed by atoms with Crippen LogP contribution in [-0.4, -0.2) is 75.4 Å². The number of piperazine rings is 1. The topological polar surface area (TPSA) is 53.1 Å². The fraction of sp³-hybridized carbons (Fsp3) is 0.647. The number of para-hydroxylation sites is 1. The van der Waals surface area contributed by atoms with E-state index in [0.717, 1.165) is 44.8 Å². The second kappa shape index (κ2) is 7.39. The summed E-state index contributed by atoms with van der Waals surface area (Å²) in [5, 5.41) is 0. The van der Waals surface area contributed by atoms with E-state index in [1.807, 2.05) is 12.1 Å². The van der Waals surface area contributed by atoms with Gasteiger partial charge in [0.2, 0.25) is 0 Å². The normalized spacial score (nSPS) is 23.5. The Balaban J connectivity index is 1.55. The average molecular weight is 353 g/mol. The van der Waals surface area contributed by atoms with E-state index in [2.05, 4.69) is 17.0 Å². The minimum atomic E-state index is -3.28. The molecule has 3 rings (SSSR count). The van der Waals surface area contributed by atoms with Gasteiger partial charge in [0, 0.05) is 46.8 Å². The number of fused-ring (bicyclic) bond motifs is 1. The number of hydrogen-bond acceptors (Lipinski definition) is 4. The molecule has 2 aliphatic rings. The van der Waals surface area contributed by atoms with Gasteiger partial charge in [-0.1, -0.05) is 18.2 Å². The van der Waals surface area contributed by atoms with Gasteiger partial charge in [0.25, 0.3) is 10.2 Å². The molecule has 0 spiro atoms. The lowest BCUT2D eigenvalue weighted by Gasteiger charge is -2.36. The Kier molecular flexibility index (Phi) is 5.44. The standard InChI is InChI=1S/C17H27N3O3S/c1-18(2)24(21,22)20-10-8-19(9-11-20)14-15-7-12-23-17-6-4-3-5-16(17)13-15/h3-6,15H,7-14H2,1-2H3. The van der Waals surface area contributed by atoms with Crippen LogP contribution in [0.5, 0.6) is 5.75 Å². The van der Waals surface area contributed by atoms with Crippen molar-refractivity contribution in [2.75, 3.05) is 53.4 Å². The summed E-state index contributed by atoms with van der Waals surface area (Å²) >= 11 is 0. The summed E-state index contributed by atoms with van der Waals surface area (Å²) in [5.41, 5.74) is 1.29. The van der Waals surface area contributed by atoms with Gasteiger partial charge >= 0.3 is 0 Å². The van der Waals surface area contributed by atoms with Crippen LogP contribution >= 0.6 is 0 Å². The molecule has 1 saturated heterocycles. The Bertz CT molecular complexity index is 655. The third-order valence-electron chi connectivity index (χ3n) is 4.90. The molecule has 1 aromatic carbocycles. The highest BCUT2D eigenvalue weighted by atomic mass is 32.2. The van der Waals surface area contributed by atoms with Crippen LogP contribution in [0, 0.1) is 5.92 Å². The largest absolute Gasteiger partial charge is 0.493 e. The lowest BCUT2D eigenvalue weighted by atomic mass is 9.96. The second-order valence-electron chi connectivity index (χ2n) is 6.80. The molecule has 0 radical (unpaired) electrons. The lowest BCUT2D eigenvalue weighted by molar-refractivity contribution is 0.153. The van der Waals surface area contributed by atoms with Crippen molar-refractivity contribution in [2.24, 2.45) is 5.92 Å². The first-order chi connectivity index (χ1) is 11.5. The van der Waals surface area contributed by atoms with Gasteiger partial charge < -0.3 is 9.64 Å². The number of nitrogens with zero attached hydrogens (tertiary/aromatic N) is 3. The zero-order valence-corrected chi connectivity index (χ0v) is 15.3. The molecule has 0 N–H and O–H groups in total. The van der Waals surface area contributed by atoms with Crippen LogP contribution in [0.2, 0.25) is 0 Å². The molecule has 1 aromatic rings. The molecule has 24 heavy (non-hydrogen) atoms. The van der Waals surface area contributed by atoms with Crippen LogP contribution in [0.3, 0.4) is 0 Å². The quantitative estimate of drug-likeness (QED) is 0.812. The average Bonchev–Trinajstić information content (AvgIpc) is 2.77. The molecule has 0 aromatic heterocycles. The van der Waals surface area contributed by atoms with E-state index in [0.29, 0.717) is 19.0 Å². The number of ether oxygens (including phenoxy) is 1. The van der Waals surface area contributed by atoms with E-state index in [-0.39, 0.29) is 0 Å². The number of rotatable bonds is 4. The fourth-order valence-electron chi connectivity index (χ4n) is 3.46. The minimum Gasteiger partial charge on any atom is -0.493 e. The third kappa shape index (κ3) is 3.91. The van der Waals surface area contributed by atoms with Gasteiger partial charge in [-0.3, -0.25) is 0 Å². The minimum absolute atomic E-state index is 0.561. The molecule has 1 unspecified atom stereocenters. The van der Waals surface area contributed by atoms with Gasteiger partial charge in [-0.15, -0.1) is 0 Å². The van der Waals surface area contributed by atoms with Gasteiger partial charge in [0.05, 0.1) is 6.61 Å². The first-order valence-electron chi connectivity index (χ1n) is 8.57. The first-order valence-corrected chi connectivity index (χ1v) is 9.97. The Morgan fingerprint density at radius 1 is 1.17 bits per heavy atom. The van der Waals surface area contributed by atoms with Crippen LogP contribution in [-0.2, 0) is 16.6 Å². The highest BCUT2D eigenvalue weighted by molar-refractivity contribution is 7.86. The van der Waals surface area contributed by atoms with E-state index in [1.54, 1.807) is 18.4 Å². The van der Waals surface area contributed by atoms with E-state index in [1.165, 1.54) is 9.87 Å². The van der Waals surface area contributed by atoms with Crippen LogP contribution < -0.4 is 4.74 Å². The molecule has 6 nitrogen and oxygen atoms in total. The maximum absolute atomic E-state index is 12.2. The van der Waals surface area contributed by atoms with E-state index < -0.39 is 10.2 Å². The van der Waals surface area contributed by atoms with Crippen LogP contribution in [0.1, 0.15) is 12.0 Å². The molecule has 2 heterocycles. The highest BCUT2D eigenvalue weighted by Crippen LogP contribution is 2.27. The van der Waals surface area contributed by atoms with Crippen molar-refractivity contribution in [1.29, 1.82) is 0 Å². The van der Waals surface area contributed by atoms with Crippen molar-refractivity contribution in [3.63, 3.8) is 0 Å². The monoisotopic (exact) mass is 353 g/mol. The Morgan fingerprint density at radius 3 is 2.58 bits per heavy atom. The molecule has 0 saturated carbocycles. The lowest BCUT2D eigenvalue weighted by Crippen LogP contribution is -2.52. The molecule has 134 valence electrons. The van der Waals surface area contributed by atoms with Gasteiger partial charge in [0.1, 0.15) is 5.75 Å². The van der Waals surface area contributed by atoms with E-state index in [4.69, 9.17) is 4.74 Å². The second-order valence-corrected chi connectivity index (χ2v) is 8.95. The van der Waals surface area contributed by atoms with Gasteiger partial charge in [-0.2, -0.15) is 17.0 Å². The molecule has 0 amide bonds. The Hall–Kier alpha value is -1.15. The molecular formula is C17H27N3O3S. The SMILES string of the molecule is CN(C)S(=O)(=O)N1CCN(CC2CCOc3ccccc3C2)CC1. The maximum atomic E-state index is 12.2. The Morgan fingerprint density at radius 2 is 1.88 bits per heavy atom. The maximum Gasteiger partial charge on any atom is 0.281 e.